The zero-order valence-corrected chi connectivity index (χ0v) is 46.9. The van der Waals surface area contributed by atoms with Gasteiger partial charge in [-0.2, -0.15) is 5.25 Å². The molecule has 7 heterocycles. The van der Waals surface area contributed by atoms with Crippen LogP contribution in [0.4, 0.5) is 0 Å². The molecule has 77 heavy (non-hydrogen) atoms. The molecule has 1 radical (unpaired) electrons. The van der Waals surface area contributed by atoms with Gasteiger partial charge in [0.05, 0.1) is 36.0 Å². The van der Waals surface area contributed by atoms with Crippen molar-refractivity contribution >= 4 is 127 Å². The summed E-state index contributed by atoms with van der Waals surface area (Å²) >= 11 is 34.9. The average Bonchev–Trinajstić information content (AvgIpc) is 4.37. The van der Waals surface area contributed by atoms with E-state index in [9.17, 15) is 0 Å². The number of aromatic nitrogens is 4. The minimum atomic E-state index is 0. The molecule has 3 aromatic heterocycles. The number of benzene rings is 6. The molecule has 6 nitrogen and oxygen atoms in total. The SMILES string of the molecule is [Fe+3].[S-]C1CCCCCCOc2ccc3ccccc3c2-c2c3nc(c(-c4c(Cl)cccc4Cl)c4ccc([n-]4)c(c4nc(c(-c5c(Cl)cccc5Cl)c5ccc2[n-]5)C=C4)-c2c(ccc4ccccc24)OCCCCCC1)C=C3. The smallest absolute Gasteiger partial charge is 0.789 e. The maximum atomic E-state index is 7.23. The van der Waals surface area contributed by atoms with E-state index >= 15 is 0 Å². The fourth-order valence-electron chi connectivity index (χ4n) is 11.0. The molecule has 0 amide bonds. The van der Waals surface area contributed by atoms with Crippen LogP contribution in [0, 0.1) is 0 Å². The Labute approximate surface area is 484 Å². The monoisotopic (exact) mass is 1150 g/mol. The van der Waals surface area contributed by atoms with E-state index in [1.165, 1.54) is 0 Å². The minimum Gasteiger partial charge on any atom is -0.789 e. The van der Waals surface area contributed by atoms with Crippen LogP contribution < -0.4 is 19.4 Å². The van der Waals surface area contributed by atoms with Crippen molar-refractivity contribution < 1.29 is 26.5 Å². The van der Waals surface area contributed by atoms with Crippen molar-refractivity contribution in [2.45, 2.75) is 69.5 Å². The number of hydrogen-bond donors (Lipinski definition) is 0. The molecule has 9 aromatic rings. The Morgan fingerprint density at radius 1 is 0.377 bits per heavy atom. The zero-order valence-electron chi connectivity index (χ0n) is 42.0. The maximum absolute atomic E-state index is 7.23. The Hall–Kier alpha value is -5.93. The zero-order chi connectivity index (χ0) is 51.7. The van der Waals surface area contributed by atoms with Gasteiger partial charge in [-0.3, -0.25) is 0 Å². The second kappa shape index (κ2) is 23.6. The molecule has 0 saturated carbocycles. The summed E-state index contributed by atoms with van der Waals surface area (Å²) in [6.07, 6.45) is 18.6. The molecule has 6 aromatic carbocycles. The molecule has 0 atom stereocenters. The van der Waals surface area contributed by atoms with Gasteiger partial charge in [-0.1, -0.05) is 195 Å². The van der Waals surface area contributed by atoms with Gasteiger partial charge in [0, 0.05) is 42.3 Å². The Bertz CT molecular complexity index is 3670. The Balaban J connectivity index is 0.00000631. The molecule has 0 saturated heterocycles. The van der Waals surface area contributed by atoms with Gasteiger partial charge < -0.3 is 32.1 Å². The quantitative estimate of drug-likeness (QED) is 0.126. The van der Waals surface area contributed by atoms with E-state index in [1.54, 1.807) is 0 Å². The van der Waals surface area contributed by atoms with Crippen molar-refractivity contribution in [3.63, 3.8) is 0 Å². The van der Waals surface area contributed by atoms with E-state index in [4.69, 9.17) is 88.4 Å². The Morgan fingerprint density at radius 2 is 0.727 bits per heavy atom. The van der Waals surface area contributed by atoms with Crippen molar-refractivity contribution in [1.29, 1.82) is 0 Å². The van der Waals surface area contributed by atoms with E-state index in [1.807, 2.05) is 85.0 Å². The van der Waals surface area contributed by atoms with Gasteiger partial charge in [0.25, 0.3) is 0 Å². The number of halogens is 4. The fourth-order valence-corrected chi connectivity index (χ4v) is 12.5. The Kier molecular flexibility index (Phi) is 16.3. The standard InChI is InChI=1S/C65H52Cl4N4O2S.Fe/c66-44-21-13-22-45(67)60(44)64-52-31-27-48(70-52)62-49-28-32-53(71-49)65(61-46(68)23-14-24-47(61)69)55-34-30-51(73-55)63(50-29-33-54(64)72-50)59-43-20-10-8-16-40(43)26-36-57(59)75-38-12-4-2-6-18-41(76)17-5-1-3-11-37-74-56-35-25-39-15-7-9-19-42(39)58(56)62;/h7-10,13-16,19-36,41H,1-6,11-12,17-18,37-38H2,(H-2,70,71,72,73,76);/q-2;+3/p-1. The first-order chi connectivity index (χ1) is 37.3. The maximum Gasteiger partial charge on any atom is 3.00 e. The fraction of sp³-hybridized carbons (Fsp3) is 0.200. The summed E-state index contributed by atoms with van der Waals surface area (Å²) in [4.78, 5) is 22.3. The van der Waals surface area contributed by atoms with Crippen LogP contribution in [0.15, 0.2) is 133 Å². The van der Waals surface area contributed by atoms with Crippen LogP contribution in [0.25, 0.3) is 112 Å². The topological polar surface area (TPSA) is 72.4 Å². The first kappa shape index (κ1) is 53.1. The van der Waals surface area contributed by atoms with Crippen LogP contribution in [-0.4, -0.2) is 28.4 Å². The van der Waals surface area contributed by atoms with Crippen molar-refractivity contribution in [3.05, 3.63) is 176 Å². The van der Waals surface area contributed by atoms with Crippen LogP contribution in [0.3, 0.4) is 0 Å². The molecule has 0 unspecified atom stereocenters. The second-order valence-corrected chi connectivity index (χ2v) is 21.9. The van der Waals surface area contributed by atoms with Crippen LogP contribution in [0.5, 0.6) is 11.5 Å². The molecule has 0 aliphatic carbocycles. The molecule has 4 aliphatic rings. The average molecular weight is 1150 g/mol. The van der Waals surface area contributed by atoms with E-state index in [0.29, 0.717) is 100 Å². The largest absolute Gasteiger partial charge is 3.00 e. The molecule has 0 spiro atoms. The van der Waals surface area contributed by atoms with E-state index in [2.05, 4.69) is 72.8 Å². The van der Waals surface area contributed by atoms with Gasteiger partial charge in [0.2, 0.25) is 0 Å². The summed E-state index contributed by atoms with van der Waals surface area (Å²) < 4.78 is 13.8. The number of fused-ring (bicyclic) bond motifs is 16. The summed E-state index contributed by atoms with van der Waals surface area (Å²) in [5.41, 5.74) is 11.1. The molecular weight excluding hydrogens is 1100 g/mol. The normalized spacial score (nSPS) is 14.7. The summed E-state index contributed by atoms with van der Waals surface area (Å²) in [6.45, 7) is 1.08. The number of ether oxygens (including phenoxy) is 2. The predicted molar refractivity (Wildman–Crippen MR) is 322 cm³/mol. The van der Waals surface area contributed by atoms with Crippen molar-refractivity contribution in [3.8, 4) is 56.0 Å². The van der Waals surface area contributed by atoms with Gasteiger partial charge >= 0.3 is 17.1 Å². The molecule has 10 bridgehead atoms. The molecular formula is C65H51Cl4FeN4O2S. The van der Waals surface area contributed by atoms with Crippen molar-refractivity contribution in [2.24, 2.45) is 0 Å². The van der Waals surface area contributed by atoms with Gasteiger partial charge in [0.1, 0.15) is 11.5 Å². The predicted octanol–water partition coefficient (Wildman–Crippen LogP) is 19.1. The number of nitrogens with zero attached hydrogens (tertiary/aromatic N) is 4. The molecule has 385 valence electrons. The van der Waals surface area contributed by atoms with Gasteiger partial charge in [-0.05, 0) is 117 Å². The van der Waals surface area contributed by atoms with Crippen LogP contribution in [0.1, 0.15) is 87.0 Å². The second-order valence-electron chi connectivity index (χ2n) is 19.6. The van der Waals surface area contributed by atoms with Crippen molar-refractivity contribution in [1.82, 2.24) is 19.9 Å². The summed E-state index contributed by atoms with van der Waals surface area (Å²) in [5, 5.41) is 6.24. The van der Waals surface area contributed by atoms with Gasteiger partial charge in [-0.15, -0.1) is 22.1 Å². The minimum absolute atomic E-state index is 0. The van der Waals surface area contributed by atoms with E-state index in [-0.39, 0.29) is 22.3 Å². The molecule has 0 fully saturated rings. The molecule has 4 aliphatic heterocycles. The van der Waals surface area contributed by atoms with Gasteiger partial charge in [-0.25, -0.2) is 9.97 Å². The van der Waals surface area contributed by atoms with Gasteiger partial charge in [0.15, 0.2) is 0 Å². The van der Waals surface area contributed by atoms with Crippen LogP contribution in [0.2, 0.25) is 20.1 Å². The molecule has 0 N–H and O–H groups in total. The number of hydrogen-bond acceptors (Lipinski definition) is 5. The van der Waals surface area contributed by atoms with Crippen molar-refractivity contribution in [2.75, 3.05) is 13.2 Å². The van der Waals surface area contributed by atoms with E-state index < -0.39 is 0 Å². The molecule has 13 rings (SSSR count). The Morgan fingerprint density at radius 3 is 1.12 bits per heavy atom. The summed E-state index contributed by atoms with van der Waals surface area (Å²) in [5.74, 6) is 1.47. The number of rotatable bonds is 2. The molecule has 12 heteroatoms. The van der Waals surface area contributed by atoms with Crippen LogP contribution in [-0.2, 0) is 29.7 Å². The van der Waals surface area contributed by atoms with Crippen LogP contribution >= 0.6 is 46.4 Å². The first-order valence-electron chi connectivity index (χ1n) is 26.2. The third kappa shape index (κ3) is 10.7. The van der Waals surface area contributed by atoms with E-state index in [0.717, 1.165) is 120 Å². The first-order valence-corrected chi connectivity index (χ1v) is 28.2. The summed E-state index contributed by atoms with van der Waals surface area (Å²) in [7, 11) is 0. The third-order valence-corrected chi connectivity index (χ3v) is 16.4. The third-order valence-electron chi connectivity index (χ3n) is 14.7. The summed E-state index contributed by atoms with van der Waals surface area (Å²) in [6, 6.07) is 44.4.